The fourth-order valence-electron chi connectivity index (χ4n) is 2.26. The predicted octanol–water partition coefficient (Wildman–Crippen LogP) is -1.22. The number of nitrogens with zero attached hydrogens (tertiary/aromatic N) is 1. The average molecular weight is 271 g/mol. The number of rotatable bonds is 3. The normalized spacial score (nSPS) is 30.6. The molecular weight excluding hydrogens is 254 g/mol. The summed E-state index contributed by atoms with van der Waals surface area (Å²) in [6.07, 6.45) is -2.64. The zero-order valence-electron chi connectivity index (χ0n) is 10.7. The number of hydrogen-bond acceptors (Lipinski definition) is 6. The summed E-state index contributed by atoms with van der Waals surface area (Å²) in [5.74, 6) is 0.153. The highest BCUT2D eigenvalue weighted by atomic mass is 16.6. The van der Waals surface area contributed by atoms with Gasteiger partial charge in [-0.15, -0.1) is 0 Å². The maximum atomic E-state index is 11.6. The molecule has 0 amide bonds. The van der Waals surface area contributed by atoms with Gasteiger partial charge in [-0.05, 0) is 6.92 Å². The van der Waals surface area contributed by atoms with E-state index in [-0.39, 0.29) is 11.2 Å². The molecular formula is C12H17NO6. The minimum atomic E-state index is -1.19. The van der Waals surface area contributed by atoms with E-state index in [4.69, 9.17) is 14.6 Å². The number of aliphatic hydroxyl groups is 3. The van der Waals surface area contributed by atoms with Crippen molar-refractivity contribution in [3.8, 4) is 5.75 Å². The summed E-state index contributed by atoms with van der Waals surface area (Å²) in [6, 6.07) is 1.29. The lowest BCUT2D eigenvalue weighted by atomic mass is 10.1. The van der Waals surface area contributed by atoms with E-state index in [1.807, 2.05) is 0 Å². The fourth-order valence-corrected chi connectivity index (χ4v) is 2.26. The summed E-state index contributed by atoms with van der Waals surface area (Å²) in [4.78, 5) is 11.6. The molecule has 19 heavy (non-hydrogen) atoms. The topological polar surface area (TPSA) is 101 Å². The standard InChI is InChI=1S/C12H17NO6/c1-6-11(18-2)7(15)3-4-13(6)12-10(17)9(16)8(5-14)19-12/h3-4,8-10,12,14,16-17H,5H2,1-2H3/t8-,9-,10-,12-/m1/s1. The monoisotopic (exact) mass is 271 g/mol. The lowest BCUT2D eigenvalue weighted by Gasteiger charge is -2.22. The first-order valence-corrected chi connectivity index (χ1v) is 5.89. The van der Waals surface area contributed by atoms with Gasteiger partial charge in [-0.2, -0.15) is 0 Å². The Morgan fingerprint density at radius 3 is 2.63 bits per heavy atom. The summed E-state index contributed by atoms with van der Waals surface area (Å²) in [7, 11) is 1.38. The molecule has 0 aliphatic carbocycles. The Kier molecular flexibility index (Phi) is 3.91. The number of aliphatic hydroxyl groups excluding tert-OH is 3. The Balaban J connectivity index is 2.41. The molecule has 2 rings (SSSR count). The van der Waals surface area contributed by atoms with Crippen LogP contribution in [0, 0.1) is 6.92 Å². The van der Waals surface area contributed by atoms with Crippen LogP contribution in [0.3, 0.4) is 0 Å². The molecule has 1 aromatic heterocycles. The van der Waals surface area contributed by atoms with Crippen molar-refractivity contribution in [3.63, 3.8) is 0 Å². The molecule has 0 radical (unpaired) electrons. The molecule has 7 nitrogen and oxygen atoms in total. The van der Waals surface area contributed by atoms with Crippen LogP contribution in [-0.4, -0.2) is 51.9 Å². The highest BCUT2D eigenvalue weighted by molar-refractivity contribution is 5.27. The second kappa shape index (κ2) is 5.30. The van der Waals surface area contributed by atoms with E-state index in [9.17, 15) is 15.0 Å². The van der Waals surface area contributed by atoms with Crippen molar-refractivity contribution in [1.82, 2.24) is 4.57 Å². The number of hydrogen-bond donors (Lipinski definition) is 3. The molecule has 4 atom stereocenters. The molecule has 7 heteroatoms. The molecule has 1 aliphatic heterocycles. The molecule has 1 aliphatic rings. The average Bonchev–Trinajstić information content (AvgIpc) is 2.67. The zero-order valence-corrected chi connectivity index (χ0v) is 10.7. The third-order valence-corrected chi connectivity index (χ3v) is 3.32. The number of methoxy groups -OCH3 is 1. The number of aromatic nitrogens is 1. The first-order valence-electron chi connectivity index (χ1n) is 5.89. The Labute approximate surface area is 109 Å². The van der Waals surface area contributed by atoms with Crippen LogP contribution in [-0.2, 0) is 4.74 Å². The van der Waals surface area contributed by atoms with Gasteiger partial charge < -0.3 is 29.4 Å². The molecule has 0 saturated carbocycles. The van der Waals surface area contributed by atoms with E-state index in [2.05, 4.69) is 0 Å². The number of pyridine rings is 1. The molecule has 0 bridgehead atoms. The van der Waals surface area contributed by atoms with Crippen molar-refractivity contribution in [2.45, 2.75) is 31.5 Å². The van der Waals surface area contributed by atoms with Gasteiger partial charge in [0.1, 0.15) is 18.3 Å². The first-order chi connectivity index (χ1) is 9.01. The van der Waals surface area contributed by atoms with E-state index in [1.165, 1.54) is 23.9 Å². The minimum absolute atomic E-state index is 0.153. The number of ether oxygens (including phenoxy) is 2. The zero-order chi connectivity index (χ0) is 14.2. The third kappa shape index (κ3) is 2.25. The van der Waals surface area contributed by atoms with Crippen molar-refractivity contribution < 1.29 is 24.8 Å². The molecule has 106 valence electrons. The lowest BCUT2D eigenvalue weighted by molar-refractivity contribution is -0.0541. The van der Waals surface area contributed by atoms with Crippen molar-refractivity contribution in [1.29, 1.82) is 0 Å². The van der Waals surface area contributed by atoms with E-state index in [0.29, 0.717) is 5.69 Å². The van der Waals surface area contributed by atoms with Crippen LogP contribution in [0.5, 0.6) is 5.75 Å². The molecule has 3 N–H and O–H groups in total. The predicted molar refractivity (Wildman–Crippen MR) is 65.0 cm³/mol. The van der Waals surface area contributed by atoms with E-state index < -0.39 is 31.1 Å². The van der Waals surface area contributed by atoms with Crippen molar-refractivity contribution >= 4 is 0 Å². The van der Waals surface area contributed by atoms with Gasteiger partial charge in [-0.1, -0.05) is 0 Å². The van der Waals surface area contributed by atoms with Gasteiger partial charge >= 0.3 is 0 Å². The SMILES string of the molecule is COc1c(C)n([C@@H]2O[C@H](CO)[C@@H](O)[C@H]2O)ccc1=O. The Bertz CT molecular complexity index is 513. The third-order valence-electron chi connectivity index (χ3n) is 3.32. The summed E-state index contributed by atoms with van der Waals surface area (Å²) >= 11 is 0. The van der Waals surface area contributed by atoms with Gasteiger partial charge in [-0.3, -0.25) is 4.79 Å². The van der Waals surface area contributed by atoms with Crippen LogP contribution >= 0.6 is 0 Å². The molecule has 0 unspecified atom stereocenters. The highest BCUT2D eigenvalue weighted by Crippen LogP contribution is 2.31. The quantitative estimate of drug-likeness (QED) is 0.637. The van der Waals surface area contributed by atoms with Crippen LogP contribution in [0.4, 0.5) is 0 Å². The molecule has 0 spiro atoms. The maximum Gasteiger partial charge on any atom is 0.223 e. The van der Waals surface area contributed by atoms with Crippen LogP contribution in [0.25, 0.3) is 0 Å². The van der Waals surface area contributed by atoms with Crippen molar-refractivity contribution in [2.24, 2.45) is 0 Å². The maximum absolute atomic E-state index is 11.6. The van der Waals surface area contributed by atoms with Gasteiger partial charge in [0.15, 0.2) is 12.0 Å². The van der Waals surface area contributed by atoms with Gasteiger partial charge in [0.05, 0.1) is 19.4 Å². The molecule has 0 aromatic carbocycles. The summed E-state index contributed by atoms with van der Waals surface area (Å²) in [5.41, 5.74) is 0.202. The summed E-state index contributed by atoms with van der Waals surface area (Å²) in [5, 5.41) is 28.7. The molecule has 1 saturated heterocycles. The summed E-state index contributed by atoms with van der Waals surface area (Å²) < 4.78 is 11.9. The molecule has 2 heterocycles. The Morgan fingerprint density at radius 2 is 2.11 bits per heavy atom. The van der Waals surface area contributed by atoms with Crippen molar-refractivity contribution in [3.05, 3.63) is 28.2 Å². The second-order valence-electron chi connectivity index (χ2n) is 4.43. The largest absolute Gasteiger partial charge is 0.491 e. The highest BCUT2D eigenvalue weighted by Gasteiger charge is 2.43. The molecule has 1 aromatic rings. The van der Waals surface area contributed by atoms with E-state index in [0.717, 1.165) is 0 Å². The Morgan fingerprint density at radius 1 is 1.42 bits per heavy atom. The van der Waals surface area contributed by atoms with Gasteiger partial charge in [0, 0.05) is 12.3 Å². The van der Waals surface area contributed by atoms with Crippen LogP contribution in [0.2, 0.25) is 0 Å². The summed E-state index contributed by atoms with van der Waals surface area (Å²) in [6.45, 7) is 1.25. The fraction of sp³-hybridized carbons (Fsp3) is 0.583. The van der Waals surface area contributed by atoms with E-state index in [1.54, 1.807) is 6.92 Å². The van der Waals surface area contributed by atoms with Crippen LogP contribution in [0.1, 0.15) is 11.9 Å². The first kappa shape index (κ1) is 14.0. The van der Waals surface area contributed by atoms with Crippen LogP contribution in [0.15, 0.2) is 17.1 Å². The van der Waals surface area contributed by atoms with Gasteiger partial charge in [-0.25, -0.2) is 0 Å². The minimum Gasteiger partial charge on any atom is -0.491 e. The van der Waals surface area contributed by atoms with Gasteiger partial charge in [0.25, 0.3) is 0 Å². The van der Waals surface area contributed by atoms with Crippen molar-refractivity contribution in [2.75, 3.05) is 13.7 Å². The molecule has 1 fully saturated rings. The van der Waals surface area contributed by atoms with Crippen LogP contribution < -0.4 is 10.2 Å². The smallest absolute Gasteiger partial charge is 0.223 e. The van der Waals surface area contributed by atoms with E-state index >= 15 is 0 Å². The Hall–Kier alpha value is -1.41. The van der Waals surface area contributed by atoms with Gasteiger partial charge in [0.2, 0.25) is 5.43 Å². The lowest BCUT2D eigenvalue weighted by Crippen LogP contribution is -2.33. The second-order valence-corrected chi connectivity index (χ2v) is 4.43.